The van der Waals surface area contributed by atoms with Crippen molar-refractivity contribution in [3.05, 3.63) is 23.8 Å². The molecule has 3 N–H and O–H groups in total. The highest BCUT2D eigenvalue weighted by Crippen LogP contribution is 2.24. The average Bonchev–Trinajstić information content (AvgIpc) is 3.13. The molecule has 1 saturated heterocycles. The zero-order valence-electron chi connectivity index (χ0n) is 14.7. The van der Waals surface area contributed by atoms with Crippen molar-refractivity contribution in [1.82, 2.24) is 4.72 Å². The number of hydrogen-bond donors (Lipinski definition) is 3. The first kappa shape index (κ1) is 19.1. The molecule has 0 unspecified atom stereocenters. The van der Waals surface area contributed by atoms with Gasteiger partial charge in [-0.05, 0) is 43.9 Å². The third-order valence-corrected chi connectivity index (χ3v) is 6.52. The second-order valence-corrected chi connectivity index (χ2v) is 8.70. The molecule has 2 fully saturated rings. The van der Waals surface area contributed by atoms with E-state index in [0.717, 1.165) is 51.6 Å². The minimum Gasteiger partial charge on any atom is -0.478 e. The Kier molecular flexibility index (Phi) is 6.16. The van der Waals surface area contributed by atoms with Gasteiger partial charge >= 0.3 is 5.97 Å². The molecule has 1 aliphatic carbocycles. The summed E-state index contributed by atoms with van der Waals surface area (Å²) >= 11 is 0. The van der Waals surface area contributed by atoms with E-state index in [1.807, 2.05) is 0 Å². The van der Waals surface area contributed by atoms with Crippen LogP contribution in [0.3, 0.4) is 0 Å². The van der Waals surface area contributed by atoms with Crippen LogP contribution in [0.4, 0.5) is 5.69 Å². The summed E-state index contributed by atoms with van der Waals surface area (Å²) in [5, 5.41) is 12.6. The van der Waals surface area contributed by atoms with Gasteiger partial charge in [-0.3, -0.25) is 0 Å². The van der Waals surface area contributed by atoms with Gasteiger partial charge in [-0.15, -0.1) is 0 Å². The lowest BCUT2D eigenvalue weighted by Gasteiger charge is -2.23. The number of carbonyl (C=O) groups is 1. The van der Waals surface area contributed by atoms with Crippen LogP contribution in [0.15, 0.2) is 23.1 Å². The highest BCUT2D eigenvalue weighted by atomic mass is 32.2. The molecule has 1 heterocycles. The molecule has 1 aromatic carbocycles. The Labute approximate surface area is 154 Å². The van der Waals surface area contributed by atoms with E-state index in [9.17, 15) is 18.3 Å². The van der Waals surface area contributed by atoms with E-state index in [0.29, 0.717) is 12.2 Å². The van der Waals surface area contributed by atoms with Gasteiger partial charge in [-0.1, -0.05) is 19.3 Å². The zero-order chi connectivity index (χ0) is 18.6. The van der Waals surface area contributed by atoms with Gasteiger partial charge in [-0.25, -0.2) is 17.9 Å². The Morgan fingerprint density at radius 2 is 1.92 bits per heavy atom. The van der Waals surface area contributed by atoms with Crippen molar-refractivity contribution < 1.29 is 23.1 Å². The molecule has 26 heavy (non-hydrogen) atoms. The molecule has 0 bridgehead atoms. The summed E-state index contributed by atoms with van der Waals surface area (Å²) in [4.78, 5) is 11.6. The van der Waals surface area contributed by atoms with Crippen LogP contribution in [-0.4, -0.2) is 44.8 Å². The number of rotatable bonds is 7. The van der Waals surface area contributed by atoms with E-state index in [-0.39, 0.29) is 22.6 Å². The molecule has 0 radical (unpaired) electrons. The second kappa shape index (κ2) is 8.37. The summed E-state index contributed by atoms with van der Waals surface area (Å²) in [6.07, 6.45) is 6.81. The summed E-state index contributed by atoms with van der Waals surface area (Å²) in [6.45, 7) is 1.23. The predicted molar refractivity (Wildman–Crippen MR) is 98.1 cm³/mol. The number of carboxylic acids is 1. The van der Waals surface area contributed by atoms with Crippen molar-refractivity contribution >= 4 is 21.7 Å². The fourth-order valence-electron chi connectivity index (χ4n) is 3.56. The van der Waals surface area contributed by atoms with Crippen LogP contribution in [0.5, 0.6) is 0 Å². The van der Waals surface area contributed by atoms with E-state index >= 15 is 0 Å². The first-order chi connectivity index (χ1) is 12.5. The fourth-order valence-corrected chi connectivity index (χ4v) is 4.89. The first-order valence-electron chi connectivity index (χ1n) is 9.21. The molecule has 1 aliphatic heterocycles. The summed E-state index contributed by atoms with van der Waals surface area (Å²) in [5.74, 6) is -1.16. The number of carboxylic acid groups (broad SMARTS) is 1. The summed E-state index contributed by atoms with van der Waals surface area (Å²) in [7, 11) is -3.73. The molecule has 2 aliphatic rings. The number of ether oxygens (including phenoxy) is 1. The van der Waals surface area contributed by atoms with Gasteiger partial charge in [0, 0.05) is 24.9 Å². The Balaban J connectivity index is 1.74. The minimum absolute atomic E-state index is 0.0110. The van der Waals surface area contributed by atoms with Crippen molar-refractivity contribution in [3.8, 4) is 0 Å². The second-order valence-electron chi connectivity index (χ2n) is 6.98. The molecule has 1 saturated carbocycles. The quantitative estimate of drug-likeness (QED) is 0.669. The largest absolute Gasteiger partial charge is 0.478 e. The van der Waals surface area contributed by atoms with E-state index in [4.69, 9.17) is 4.74 Å². The van der Waals surface area contributed by atoms with E-state index in [2.05, 4.69) is 10.0 Å². The van der Waals surface area contributed by atoms with Crippen LogP contribution < -0.4 is 10.0 Å². The van der Waals surface area contributed by atoms with Crippen molar-refractivity contribution in [3.63, 3.8) is 0 Å². The Morgan fingerprint density at radius 3 is 2.58 bits per heavy atom. The van der Waals surface area contributed by atoms with Gasteiger partial charge < -0.3 is 15.2 Å². The third kappa shape index (κ3) is 4.75. The van der Waals surface area contributed by atoms with Crippen LogP contribution in [-0.2, 0) is 14.8 Å². The average molecular weight is 382 g/mol. The molecule has 1 aromatic rings. The lowest BCUT2D eigenvalue weighted by atomic mass is 9.96. The van der Waals surface area contributed by atoms with Crippen LogP contribution in [0.2, 0.25) is 0 Å². The van der Waals surface area contributed by atoms with Gasteiger partial charge in [0.2, 0.25) is 10.0 Å². The molecule has 0 spiro atoms. The Hall–Kier alpha value is -1.64. The van der Waals surface area contributed by atoms with E-state index in [1.54, 1.807) is 0 Å². The fraction of sp³-hybridized carbons (Fsp3) is 0.611. The van der Waals surface area contributed by atoms with Crippen molar-refractivity contribution in [2.45, 2.75) is 62.0 Å². The number of aromatic carboxylic acids is 1. The van der Waals surface area contributed by atoms with E-state index in [1.165, 1.54) is 18.2 Å². The number of nitrogens with one attached hydrogen (secondary N) is 2. The van der Waals surface area contributed by atoms with Gasteiger partial charge in [0.15, 0.2) is 0 Å². The summed E-state index contributed by atoms with van der Waals surface area (Å²) in [6, 6.07) is 4.13. The number of hydrogen-bond acceptors (Lipinski definition) is 5. The maximum absolute atomic E-state index is 12.6. The van der Waals surface area contributed by atoms with Crippen LogP contribution in [0.1, 0.15) is 55.3 Å². The molecule has 7 nitrogen and oxygen atoms in total. The van der Waals surface area contributed by atoms with Gasteiger partial charge in [0.1, 0.15) is 0 Å². The molecule has 1 atom stereocenters. The normalized spacial score (nSPS) is 21.6. The van der Waals surface area contributed by atoms with Gasteiger partial charge in [0.05, 0.1) is 16.6 Å². The molecule has 0 aromatic heterocycles. The van der Waals surface area contributed by atoms with Crippen LogP contribution in [0.25, 0.3) is 0 Å². The highest BCUT2D eigenvalue weighted by molar-refractivity contribution is 7.89. The monoisotopic (exact) mass is 382 g/mol. The third-order valence-electron chi connectivity index (χ3n) is 5.00. The van der Waals surface area contributed by atoms with Gasteiger partial charge in [0.25, 0.3) is 0 Å². The van der Waals surface area contributed by atoms with Crippen LogP contribution in [0, 0.1) is 0 Å². The molecule has 3 rings (SSSR count). The lowest BCUT2D eigenvalue weighted by Crippen LogP contribution is -2.36. The Bertz CT molecular complexity index is 738. The van der Waals surface area contributed by atoms with Crippen molar-refractivity contribution in [2.24, 2.45) is 0 Å². The standard InChI is InChI=1S/C18H26N2O5S/c21-18(22)16-11-15(26(23,24)20-13-5-2-1-3-6-13)8-9-17(16)19-12-14-7-4-10-25-14/h8-9,11,13-14,19-20H,1-7,10,12H2,(H,21,22)/t14-/m1/s1. The van der Waals surface area contributed by atoms with Crippen molar-refractivity contribution in [1.29, 1.82) is 0 Å². The lowest BCUT2D eigenvalue weighted by molar-refractivity contribution is 0.0697. The number of anilines is 1. The van der Waals surface area contributed by atoms with E-state index < -0.39 is 16.0 Å². The molecule has 0 amide bonds. The molecular weight excluding hydrogens is 356 g/mol. The zero-order valence-corrected chi connectivity index (χ0v) is 15.6. The topological polar surface area (TPSA) is 105 Å². The minimum atomic E-state index is -3.73. The van der Waals surface area contributed by atoms with Gasteiger partial charge in [-0.2, -0.15) is 0 Å². The maximum Gasteiger partial charge on any atom is 0.337 e. The molecule has 144 valence electrons. The van der Waals surface area contributed by atoms with Crippen LogP contribution >= 0.6 is 0 Å². The Morgan fingerprint density at radius 1 is 1.15 bits per heavy atom. The smallest absolute Gasteiger partial charge is 0.337 e. The summed E-state index contributed by atoms with van der Waals surface area (Å²) < 4.78 is 33.5. The highest BCUT2D eigenvalue weighted by Gasteiger charge is 2.24. The SMILES string of the molecule is O=C(O)c1cc(S(=O)(=O)NC2CCCCC2)ccc1NC[C@H]1CCCO1. The molecular formula is C18H26N2O5S. The summed E-state index contributed by atoms with van der Waals surface area (Å²) in [5.41, 5.74) is 0.360. The number of benzene rings is 1. The number of sulfonamides is 1. The van der Waals surface area contributed by atoms with Crippen molar-refractivity contribution in [2.75, 3.05) is 18.5 Å². The maximum atomic E-state index is 12.6. The first-order valence-corrected chi connectivity index (χ1v) is 10.7. The predicted octanol–water partition coefficient (Wildman–Crippen LogP) is 2.59. The molecule has 8 heteroatoms.